The van der Waals surface area contributed by atoms with Crippen molar-refractivity contribution in [2.24, 2.45) is 10.7 Å². The van der Waals surface area contributed by atoms with Crippen LogP contribution in [0, 0.1) is 0 Å². The van der Waals surface area contributed by atoms with Crippen LogP contribution in [0.5, 0.6) is 0 Å². The summed E-state index contributed by atoms with van der Waals surface area (Å²) in [6, 6.07) is 0.454. The van der Waals surface area contributed by atoms with Crippen molar-refractivity contribution >= 4 is 17.7 Å². The number of hydrogen-bond donors (Lipinski definition) is 2. The zero-order valence-electron chi connectivity index (χ0n) is 8.13. The van der Waals surface area contributed by atoms with Gasteiger partial charge in [-0.2, -0.15) is 11.8 Å². The van der Waals surface area contributed by atoms with Crippen LogP contribution in [0.3, 0.4) is 0 Å². The summed E-state index contributed by atoms with van der Waals surface area (Å²) in [4.78, 5) is 4.07. The molecule has 0 fully saturated rings. The highest BCUT2D eigenvalue weighted by atomic mass is 32.2. The van der Waals surface area contributed by atoms with Crippen LogP contribution < -0.4 is 11.1 Å². The monoisotopic (exact) mass is 189 g/mol. The van der Waals surface area contributed by atoms with Gasteiger partial charge in [-0.3, -0.25) is 4.99 Å². The molecule has 0 bridgehead atoms. The Morgan fingerprint density at radius 3 is 2.67 bits per heavy atom. The molecule has 0 aliphatic carbocycles. The molecule has 0 rings (SSSR count). The molecule has 0 spiro atoms. The molecular formula is C8H19N3S. The van der Waals surface area contributed by atoms with Crippen LogP contribution in [0.4, 0.5) is 0 Å². The lowest BCUT2D eigenvalue weighted by Crippen LogP contribution is -2.41. The van der Waals surface area contributed by atoms with Crippen molar-refractivity contribution < 1.29 is 0 Å². The van der Waals surface area contributed by atoms with Gasteiger partial charge in [0.15, 0.2) is 5.96 Å². The molecule has 4 heteroatoms. The predicted molar refractivity (Wildman–Crippen MR) is 57.8 cm³/mol. The second kappa shape index (κ2) is 7.28. The van der Waals surface area contributed by atoms with Gasteiger partial charge in [0.05, 0.1) is 0 Å². The lowest BCUT2D eigenvalue weighted by molar-refractivity contribution is 0.646. The molecule has 0 aliphatic rings. The molecule has 0 radical (unpaired) electrons. The van der Waals surface area contributed by atoms with Crippen LogP contribution in [0.1, 0.15) is 20.3 Å². The maximum absolute atomic E-state index is 5.62. The number of nitrogens with one attached hydrogen (secondary N) is 1. The summed E-state index contributed by atoms with van der Waals surface area (Å²) in [5.41, 5.74) is 5.62. The first-order valence-corrected chi connectivity index (χ1v) is 5.69. The average molecular weight is 189 g/mol. The zero-order chi connectivity index (χ0) is 9.40. The lowest BCUT2D eigenvalue weighted by atomic mass is 10.3. The quantitative estimate of drug-likeness (QED) is 0.502. The standard InChI is InChI=1S/C8H19N3S/c1-4-7(6-12-3)11-8(9)10-5-2/h7H,4-6H2,1-3H3,(H3,9,10,11). The lowest BCUT2D eigenvalue weighted by Gasteiger charge is -2.15. The van der Waals surface area contributed by atoms with Gasteiger partial charge in [0.1, 0.15) is 0 Å². The Bertz CT molecular complexity index is 136. The number of nitrogens with zero attached hydrogens (tertiary/aromatic N) is 1. The summed E-state index contributed by atoms with van der Waals surface area (Å²) in [6.07, 6.45) is 3.18. The number of rotatable bonds is 5. The van der Waals surface area contributed by atoms with E-state index in [-0.39, 0.29) is 0 Å². The van der Waals surface area contributed by atoms with E-state index in [0.29, 0.717) is 12.0 Å². The van der Waals surface area contributed by atoms with Gasteiger partial charge in [0.25, 0.3) is 0 Å². The second-order valence-corrected chi connectivity index (χ2v) is 3.48. The number of guanidine groups is 1. The maximum Gasteiger partial charge on any atom is 0.188 e. The Kier molecular flexibility index (Phi) is 7.05. The third-order valence-corrected chi connectivity index (χ3v) is 2.28. The van der Waals surface area contributed by atoms with E-state index in [0.717, 1.165) is 18.7 Å². The Labute approximate surface area is 79.2 Å². The summed E-state index contributed by atoms with van der Waals surface area (Å²) in [6.45, 7) is 4.87. The summed E-state index contributed by atoms with van der Waals surface area (Å²) in [5.74, 6) is 1.65. The molecule has 12 heavy (non-hydrogen) atoms. The Morgan fingerprint density at radius 2 is 2.25 bits per heavy atom. The number of nitrogens with two attached hydrogens (primary N) is 1. The fourth-order valence-electron chi connectivity index (χ4n) is 0.888. The van der Waals surface area contributed by atoms with E-state index in [1.54, 1.807) is 0 Å². The van der Waals surface area contributed by atoms with Gasteiger partial charge in [-0.25, -0.2) is 0 Å². The van der Waals surface area contributed by atoms with E-state index >= 15 is 0 Å². The van der Waals surface area contributed by atoms with Crippen LogP contribution in [0.2, 0.25) is 0 Å². The van der Waals surface area contributed by atoms with Gasteiger partial charge < -0.3 is 11.1 Å². The van der Waals surface area contributed by atoms with E-state index in [4.69, 9.17) is 5.73 Å². The SMILES string of the molecule is CCN=C(N)NC(CC)CSC. The Morgan fingerprint density at radius 1 is 1.58 bits per heavy atom. The van der Waals surface area contributed by atoms with Crippen LogP contribution in [0.25, 0.3) is 0 Å². The van der Waals surface area contributed by atoms with Gasteiger partial charge >= 0.3 is 0 Å². The maximum atomic E-state index is 5.62. The second-order valence-electron chi connectivity index (χ2n) is 2.56. The topological polar surface area (TPSA) is 50.4 Å². The van der Waals surface area contributed by atoms with Crippen molar-refractivity contribution in [1.82, 2.24) is 5.32 Å². The minimum absolute atomic E-state index is 0.454. The van der Waals surface area contributed by atoms with Gasteiger partial charge in [-0.15, -0.1) is 0 Å². The summed E-state index contributed by atoms with van der Waals surface area (Å²) < 4.78 is 0. The molecule has 0 aliphatic heterocycles. The molecule has 0 heterocycles. The first kappa shape index (κ1) is 11.6. The molecule has 0 aromatic heterocycles. The highest BCUT2D eigenvalue weighted by molar-refractivity contribution is 7.98. The largest absolute Gasteiger partial charge is 0.370 e. The van der Waals surface area contributed by atoms with Crippen molar-refractivity contribution in [3.8, 4) is 0 Å². The fraction of sp³-hybridized carbons (Fsp3) is 0.875. The minimum Gasteiger partial charge on any atom is -0.370 e. The highest BCUT2D eigenvalue weighted by Gasteiger charge is 2.04. The highest BCUT2D eigenvalue weighted by Crippen LogP contribution is 2.00. The Balaban J connectivity index is 3.76. The van der Waals surface area contributed by atoms with Crippen molar-refractivity contribution in [3.63, 3.8) is 0 Å². The zero-order valence-corrected chi connectivity index (χ0v) is 8.95. The third kappa shape index (κ3) is 5.29. The van der Waals surface area contributed by atoms with E-state index in [9.17, 15) is 0 Å². The summed E-state index contributed by atoms with van der Waals surface area (Å²) >= 11 is 1.82. The van der Waals surface area contributed by atoms with Crippen molar-refractivity contribution in [1.29, 1.82) is 0 Å². The van der Waals surface area contributed by atoms with Crippen LogP contribution in [-0.4, -0.2) is 30.6 Å². The van der Waals surface area contributed by atoms with Gasteiger partial charge in [-0.1, -0.05) is 6.92 Å². The van der Waals surface area contributed by atoms with Gasteiger partial charge in [-0.05, 0) is 19.6 Å². The van der Waals surface area contributed by atoms with Crippen molar-refractivity contribution in [2.75, 3.05) is 18.6 Å². The molecule has 0 aromatic carbocycles. The third-order valence-electron chi connectivity index (χ3n) is 1.54. The molecule has 3 nitrogen and oxygen atoms in total. The molecule has 0 saturated heterocycles. The van der Waals surface area contributed by atoms with E-state index < -0.39 is 0 Å². The molecular weight excluding hydrogens is 170 g/mol. The normalized spacial score (nSPS) is 14.4. The molecule has 3 N–H and O–H groups in total. The molecule has 1 unspecified atom stereocenters. The fourth-order valence-corrected chi connectivity index (χ4v) is 1.61. The van der Waals surface area contributed by atoms with Crippen LogP contribution >= 0.6 is 11.8 Å². The molecule has 1 atom stereocenters. The average Bonchev–Trinajstić information content (AvgIpc) is 2.04. The van der Waals surface area contributed by atoms with Gasteiger partial charge in [0, 0.05) is 18.3 Å². The summed E-state index contributed by atoms with van der Waals surface area (Å²) in [5, 5.41) is 3.18. The Hall–Kier alpha value is -0.380. The van der Waals surface area contributed by atoms with Gasteiger partial charge in [0.2, 0.25) is 0 Å². The number of thioether (sulfide) groups is 1. The van der Waals surface area contributed by atoms with Crippen molar-refractivity contribution in [2.45, 2.75) is 26.3 Å². The molecule has 0 saturated carbocycles. The van der Waals surface area contributed by atoms with Crippen LogP contribution in [-0.2, 0) is 0 Å². The predicted octanol–water partition coefficient (Wildman–Crippen LogP) is 1.05. The number of aliphatic imine (C=N–C) groups is 1. The first-order chi connectivity index (χ1) is 5.74. The molecule has 72 valence electrons. The van der Waals surface area contributed by atoms with Crippen LogP contribution in [0.15, 0.2) is 4.99 Å². The molecule has 0 amide bonds. The van der Waals surface area contributed by atoms with E-state index in [1.807, 2.05) is 18.7 Å². The summed E-state index contributed by atoms with van der Waals surface area (Å²) in [7, 11) is 0. The first-order valence-electron chi connectivity index (χ1n) is 4.29. The van der Waals surface area contributed by atoms with Crippen molar-refractivity contribution in [3.05, 3.63) is 0 Å². The number of hydrogen-bond acceptors (Lipinski definition) is 2. The van der Waals surface area contributed by atoms with E-state index in [2.05, 4.69) is 23.5 Å². The minimum atomic E-state index is 0.454. The smallest absolute Gasteiger partial charge is 0.188 e. The van der Waals surface area contributed by atoms with E-state index in [1.165, 1.54) is 0 Å². The molecule has 0 aromatic rings.